The highest BCUT2D eigenvalue weighted by molar-refractivity contribution is 6.44. The number of nitrogens with zero attached hydrogens (tertiary/aromatic N) is 3. The molecular weight excluding hydrogens is 1150 g/mol. The zero-order valence-electron chi connectivity index (χ0n) is 59.1. The first-order valence-electron chi connectivity index (χ1n) is 38.2. The van der Waals surface area contributed by atoms with Gasteiger partial charge in [0.1, 0.15) is 11.3 Å². The number of aryl methyl sites for hydroxylation is 8. The Bertz CT molecular complexity index is 4600. The van der Waals surface area contributed by atoms with E-state index in [0.717, 1.165) is 130 Å². The minimum atomic E-state index is -0.0575. The Hall–Kier alpha value is -6.99. The van der Waals surface area contributed by atoms with Crippen LogP contribution in [0, 0.1) is 27.7 Å². The lowest BCUT2D eigenvalue weighted by molar-refractivity contribution is 0.574. The first-order chi connectivity index (χ1) is 46.0. The fourth-order valence-corrected chi connectivity index (χ4v) is 16.5. The number of unbranched alkanes of at least 4 members (excludes halogenated alkanes) is 28. The van der Waals surface area contributed by atoms with E-state index >= 15 is 9.59 Å². The fourth-order valence-electron chi connectivity index (χ4n) is 16.5. The normalized spacial score (nSPS) is 12.4. The van der Waals surface area contributed by atoms with E-state index < -0.39 is 0 Å². The number of hydrogen-bond acceptors (Lipinski definition) is 3. The minimum Gasteiger partial charge on any atom is -0.343 e. The van der Waals surface area contributed by atoms with Gasteiger partial charge in [-0.1, -0.05) is 262 Å². The van der Waals surface area contributed by atoms with Crippen LogP contribution < -0.4 is 11.1 Å². The molecule has 0 spiro atoms. The molecule has 0 unspecified atom stereocenters. The Morgan fingerprint density at radius 2 is 0.702 bits per heavy atom. The Labute approximate surface area is 561 Å². The zero-order chi connectivity index (χ0) is 65.2. The first-order valence-corrected chi connectivity index (χ1v) is 38.2. The van der Waals surface area contributed by atoms with Gasteiger partial charge in [0.25, 0.3) is 11.1 Å². The minimum absolute atomic E-state index is 0.0205. The average Bonchev–Trinajstić information content (AvgIpc) is 0.958. The van der Waals surface area contributed by atoms with Gasteiger partial charge >= 0.3 is 0 Å². The van der Waals surface area contributed by atoms with Crippen LogP contribution in [0.25, 0.3) is 109 Å². The molecule has 7 nitrogen and oxygen atoms in total. The molecule has 94 heavy (non-hydrogen) atoms. The van der Waals surface area contributed by atoms with E-state index in [-0.39, 0.29) is 11.1 Å². The Balaban J connectivity index is 1.11. The third kappa shape index (κ3) is 14.0. The van der Waals surface area contributed by atoms with Gasteiger partial charge in [-0.15, -0.1) is 0 Å². The molecule has 7 heteroatoms. The molecule has 5 aromatic heterocycles. The average molecular weight is 1260 g/mol. The van der Waals surface area contributed by atoms with Crippen molar-refractivity contribution in [2.24, 2.45) is 0 Å². The van der Waals surface area contributed by atoms with Crippen molar-refractivity contribution in [1.82, 2.24) is 23.8 Å². The summed E-state index contributed by atoms with van der Waals surface area (Å²) in [6.45, 7) is 17.6. The van der Waals surface area contributed by atoms with Crippen LogP contribution in [-0.2, 0) is 25.7 Å². The largest absolute Gasteiger partial charge is 0.343 e. The number of rotatable bonds is 38. The summed E-state index contributed by atoms with van der Waals surface area (Å²) >= 11 is 0. The summed E-state index contributed by atoms with van der Waals surface area (Å²) in [5, 5.41) is 12.4. The second kappa shape index (κ2) is 31.3. The quantitative estimate of drug-likeness (QED) is 0.0230. The molecule has 0 aliphatic carbocycles. The summed E-state index contributed by atoms with van der Waals surface area (Å²) in [6.07, 6.45) is 45.4. The van der Waals surface area contributed by atoms with E-state index in [1.807, 2.05) is 15.7 Å². The predicted molar refractivity (Wildman–Crippen MR) is 407 cm³/mol. The third-order valence-electron chi connectivity index (χ3n) is 22.0. The van der Waals surface area contributed by atoms with Gasteiger partial charge in [0, 0.05) is 49.4 Å². The van der Waals surface area contributed by atoms with E-state index in [1.54, 1.807) is 0 Å². The molecule has 0 radical (unpaired) electrons. The van der Waals surface area contributed by atoms with Crippen LogP contribution >= 0.6 is 0 Å². The van der Waals surface area contributed by atoms with Gasteiger partial charge in [0.05, 0.1) is 5.52 Å². The number of hydrogen-bond donors (Lipinski definition) is 2. The van der Waals surface area contributed by atoms with Gasteiger partial charge in [-0.2, -0.15) is 0 Å². The van der Waals surface area contributed by atoms with Crippen molar-refractivity contribution >= 4 is 87.1 Å². The third-order valence-corrected chi connectivity index (χ3v) is 22.0. The first kappa shape index (κ1) is 67.0. The molecule has 2 N–H and O–H groups in total. The van der Waals surface area contributed by atoms with Crippen LogP contribution in [0.4, 0.5) is 0 Å². The number of pyridine rings is 3. The smallest absolute Gasteiger partial charge is 0.265 e. The molecule has 0 aliphatic rings. The summed E-state index contributed by atoms with van der Waals surface area (Å²) in [5.41, 5.74) is 17.4. The van der Waals surface area contributed by atoms with Gasteiger partial charge in [0.2, 0.25) is 0 Å². The lowest BCUT2D eigenvalue weighted by Crippen LogP contribution is -2.15. The van der Waals surface area contributed by atoms with Gasteiger partial charge < -0.3 is 9.97 Å². The molecule has 0 bridgehead atoms. The van der Waals surface area contributed by atoms with Crippen LogP contribution in [-0.4, -0.2) is 23.8 Å². The summed E-state index contributed by atoms with van der Waals surface area (Å²) < 4.78 is 3.82. The van der Waals surface area contributed by atoms with Crippen molar-refractivity contribution in [2.75, 3.05) is 0 Å². The topological polar surface area (TPSA) is 87.4 Å². The SMILES string of the molecule is CCCCCCCCCCc1cc(CCCCCCCCCC)cc(-c2cc3c(=O)n4c(C)c(C)[nH]c4c4ccc5c6c(-c7cc(CCCCCCCCCC)cc(CCCCCCCCCC)c7)cc7c8c(ccc(c2c5c34)c68)c(=O)n2c3nc(C)c(C)cc3[nH]c72)c1. The van der Waals surface area contributed by atoms with Crippen LogP contribution in [0.15, 0.2) is 88.5 Å². The number of imidazole rings is 2. The number of H-pyrrole nitrogens is 2. The Kier molecular flexibility index (Phi) is 22.3. The number of fused-ring (bicyclic) bond motifs is 8. The molecule has 12 aromatic rings. The van der Waals surface area contributed by atoms with E-state index in [4.69, 9.17) is 4.98 Å². The van der Waals surface area contributed by atoms with Gasteiger partial charge in [0.15, 0.2) is 5.65 Å². The maximum absolute atomic E-state index is 15.8. The standard InChI is InChI=1S/C87H111N5O2/c1-9-13-17-21-25-29-33-37-41-62-50-63(42-38-34-30-26-22-18-14-10-2)53-66(52-62)72-56-74-80-71(86(93)92-84(74)90-76-49-58(5)59(6)88-85(76)92)48-46-69-78-73(57-75-79-70(47-45-68(81(78)79)77(72)82(69)80)83-89-60(7)61(8)91(83)87(75)94)67-54-64(43-39-35-31-27-23-19-15-11-3)51-65(55-67)44-40-36-32-28-24-20-16-12-4/h45-57,89-90H,9-44H2,1-8H3. The number of aromatic amines is 2. The molecule has 0 amide bonds. The van der Waals surface area contributed by atoms with Crippen molar-refractivity contribution in [2.45, 2.75) is 287 Å². The fraction of sp³-hybridized carbons (Fsp3) is 0.506. The van der Waals surface area contributed by atoms with Gasteiger partial charge in [-0.25, -0.2) is 9.38 Å². The second-order valence-corrected chi connectivity index (χ2v) is 29.2. The van der Waals surface area contributed by atoms with Crippen molar-refractivity contribution in [3.63, 3.8) is 0 Å². The van der Waals surface area contributed by atoms with E-state index in [9.17, 15) is 0 Å². The highest BCUT2D eigenvalue weighted by Gasteiger charge is 2.29. The highest BCUT2D eigenvalue weighted by Crippen LogP contribution is 2.52. The molecule has 7 aromatic carbocycles. The molecular formula is C87H111N5O2. The number of nitrogens with one attached hydrogen (secondary N) is 2. The van der Waals surface area contributed by atoms with Crippen molar-refractivity contribution in [3.8, 4) is 22.3 Å². The molecule has 496 valence electrons. The van der Waals surface area contributed by atoms with E-state index in [0.29, 0.717) is 11.0 Å². The van der Waals surface area contributed by atoms with E-state index in [1.165, 1.54) is 244 Å². The van der Waals surface area contributed by atoms with Crippen LogP contribution in [0.3, 0.4) is 0 Å². The van der Waals surface area contributed by atoms with Gasteiger partial charge in [-0.05, 0) is 186 Å². The Morgan fingerprint density at radius 1 is 0.340 bits per heavy atom. The van der Waals surface area contributed by atoms with Crippen molar-refractivity contribution < 1.29 is 0 Å². The molecule has 0 saturated carbocycles. The van der Waals surface area contributed by atoms with Crippen LogP contribution in [0.1, 0.15) is 278 Å². The highest BCUT2D eigenvalue weighted by atomic mass is 16.1. The number of benzene rings is 7. The summed E-state index contributed by atoms with van der Waals surface area (Å²) in [6, 6.07) is 31.1. The summed E-state index contributed by atoms with van der Waals surface area (Å²) in [4.78, 5) is 44.3. The maximum Gasteiger partial charge on any atom is 0.265 e. The molecule has 0 saturated heterocycles. The summed E-state index contributed by atoms with van der Waals surface area (Å²) in [5.74, 6) is 0. The number of aromatic nitrogens is 5. The predicted octanol–water partition coefficient (Wildman–Crippen LogP) is 25.2. The van der Waals surface area contributed by atoms with Crippen LogP contribution in [0.2, 0.25) is 0 Å². The van der Waals surface area contributed by atoms with Gasteiger partial charge in [-0.3, -0.25) is 14.0 Å². The molecule has 0 fully saturated rings. The van der Waals surface area contributed by atoms with Crippen molar-refractivity contribution in [3.05, 3.63) is 144 Å². The molecule has 0 atom stereocenters. The molecule has 0 aliphatic heterocycles. The lowest BCUT2D eigenvalue weighted by atomic mass is 9.80. The van der Waals surface area contributed by atoms with Crippen molar-refractivity contribution in [1.29, 1.82) is 0 Å². The monoisotopic (exact) mass is 1260 g/mol. The second-order valence-electron chi connectivity index (χ2n) is 29.2. The van der Waals surface area contributed by atoms with E-state index in [2.05, 4.69) is 137 Å². The molecule has 5 heterocycles. The summed E-state index contributed by atoms with van der Waals surface area (Å²) in [7, 11) is 0. The van der Waals surface area contributed by atoms with Crippen LogP contribution in [0.5, 0.6) is 0 Å². The molecule has 12 rings (SSSR count). The zero-order valence-corrected chi connectivity index (χ0v) is 59.1. The Morgan fingerprint density at radius 3 is 1.14 bits per heavy atom. The maximum atomic E-state index is 15.8. The lowest BCUT2D eigenvalue weighted by Gasteiger charge is -2.23.